The third-order valence-electron chi connectivity index (χ3n) is 1.09. The summed E-state index contributed by atoms with van der Waals surface area (Å²) in [5.74, 6) is 0. The summed E-state index contributed by atoms with van der Waals surface area (Å²) in [4.78, 5) is 0. The molecule has 66 valence electrons. The standard InChI is InChI=1S/C5H4F6/c1-2-4(8,3(6)7)5(9,10)11/h1-2H2. The average Bonchev–Trinajstić information content (AvgIpc) is 1.83. The molecule has 1 unspecified atom stereocenters. The van der Waals surface area contributed by atoms with Gasteiger partial charge < -0.3 is 0 Å². The Labute approximate surface area is 59.2 Å². The van der Waals surface area contributed by atoms with Crippen molar-refractivity contribution < 1.29 is 26.3 Å². The molecule has 11 heavy (non-hydrogen) atoms. The number of rotatable bonds is 2. The van der Waals surface area contributed by atoms with Gasteiger partial charge in [-0.05, 0) is 13.3 Å². The van der Waals surface area contributed by atoms with Crippen LogP contribution in [0.1, 0.15) is 6.42 Å². The Morgan fingerprint density at radius 2 is 1.45 bits per heavy atom. The van der Waals surface area contributed by atoms with Crippen molar-refractivity contribution in [2.45, 2.75) is 18.3 Å². The molecule has 0 amide bonds. The molecule has 0 spiro atoms. The number of hydrogen-bond donors (Lipinski definition) is 0. The van der Waals surface area contributed by atoms with Crippen molar-refractivity contribution in [3.05, 3.63) is 13.3 Å². The Balaban J connectivity index is 4.61. The Morgan fingerprint density at radius 1 is 1.09 bits per heavy atom. The minimum atomic E-state index is -5.59. The van der Waals surface area contributed by atoms with Crippen molar-refractivity contribution in [2.75, 3.05) is 0 Å². The van der Waals surface area contributed by atoms with Gasteiger partial charge in [0.25, 0.3) is 5.67 Å². The van der Waals surface area contributed by atoms with Gasteiger partial charge in [0.1, 0.15) is 0 Å². The van der Waals surface area contributed by atoms with Crippen molar-refractivity contribution in [3.63, 3.8) is 0 Å². The van der Waals surface area contributed by atoms with E-state index in [1.165, 1.54) is 0 Å². The highest BCUT2D eigenvalue weighted by Gasteiger charge is 2.62. The number of hydrogen-bond acceptors (Lipinski definition) is 0. The molecule has 0 saturated heterocycles. The monoisotopic (exact) mass is 178 g/mol. The van der Waals surface area contributed by atoms with Gasteiger partial charge in [0, 0.05) is 0 Å². The van der Waals surface area contributed by atoms with Crippen molar-refractivity contribution in [1.82, 2.24) is 0 Å². The van der Waals surface area contributed by atoms with Crippen molar-refractivity contribution >= 4 is 0 Å². The lowest BCUT2D eigenvalue weighted by molar-refractivity contribution is -0.241. The van der Waals surface area contributed by atoms with Gasteiger partial charge in [0.15, 0.2) is 0 Å². The third-order valence-corrected chi connectivity index (χ3v) is 1.09. The zero-order valence-electron chi connectivity index (χ0n) is 5.18. The lowest BCUT2D eigenvalue weighted by Crippen LogP contribution is -2.43. The summed E-state index contributed by atoms with van der Waals surface area (Å²) in [6.07, 6.45) is -10.5. The van der Waals surface area contributed by atoms with E-state index in [0.717, 1.165) is 0 Å². The lowest BCUT2D eigenvalue weighted by atomic mass is 10.0. The van der Waals surface area contributed by atoms with E-state index in [4.69, 9.17) is 0 Å². The first-order valence-corrected chi connectivity index (χ1v) is 2.49. The highest BCUT2D eigenvalue weighted by Crippen LogP contribution is 2.44. The lowest BCUT2D eigenvalue weighted by Gasteiger charge is -2.23. The van der Waals surface area contributed by atoms with Gasteiger partial charge in [-0.3, -0.25) is 0 Å². The molecule has 0 N–H and O–H groups in total. The molecule has 0 nitrogen and oxygen atoms in total. The minimum absolute atomic E-state index is 1.56. The van der Waals surface area contributed by atoms with E-state index < -0.39 is 24.7 Å². The molecule has 0 aromatic carbocycles. The molecule has 0 aliphatic rings. The van der Waals surface area contributed by atoms with Gasteiger partial charge in [0.05, 0.1) is 0 Å². The van der Waals surface area contributed by atoms with Crippen molar-refractivity contribution in [2.24, 2.45) is 0 Å². The first-order valence-electron chi connectivity index (χ1n) is 2.49. The minimum Gasteiger partial charge on any atom is -0.227 e. The van der Waals surface area contributed by atoms with Crippen LogP contribution in [0.2, 0.25) is 0 Å². The van der Waals surface area contributed by atoms with Crippen LogP contribution < -0.4 is 0 Å². The van der Waals surface area contributed by atoms with Crippen molar-refractivity contribution in [3.8, 4) is 0 Å². The SMILES string of the molecule is [CH2]CC(F)([C](F)F)C(F)(F)F. The summed E-state index contributed by atoms with van der Waals surface area (Å²) in [5.41, 5.74) is -4.55. The smallest absolute Gasteiger partial charge is 0.227 e. The van der Waals surface area contributed by atoms with Crippen LogP contribution in [0.3, 0.4) is 0 Å². The van der Waals surface area contributed by atoms with E-state index in [9.17, 15) is 26.3 Å². The maximum Gasteiger partial charge on any atom is 0.428 e. The predicted octanol–water partition coefficient (Wildman–Crippen LogP) is 2.91. The third kappa shape index (κ3) is 1.78. The molecule has 0 aromatic heterocycles. The topological polar surface area (TPSA) is 0 Å². The molecule has 0 aliphatic carbocycles. The Bertz CT molecular complexity index is 127. The summed E-state index contributed by atoms with van der Waals surface area (Å²) in [6, 6.07) is 0. The fourth-order valence-electron chi connectivity index (χ4n) is 0.343. The van der Waals surface area contributed by atoms with E-state index in [1.54, 1.807) is 0 Å². The van der Waals surface area contributed by atoms with Crippen LogP contribution in [0, 0.1) is 13.3 Å². The molecule has 2 radical (unpaired) electrons. The maximum absolute atomic E-state index is 12.2. The summed E-state index contributed by atoms with van der Waals surface area (Å²) in [6.45, 7) is 2.45. The molecule has 0 rings (SSSR count). The summed E-state index contributed by atoms with van der Waals surface area (Å²) in [7, 11) is 0. The highest BCUT2D eigenvalue weighted by molar-refractivity contribution is 5.00. The van der Waals surface area contributed by atoms with Gasteiger partial charge >= 0.3 is 12.6 Å². The largest absolute Gasteiger partial charge is 0.428 e. The van der Waals surface area contributed by atoms with E-state index in [-0.39, 0.29) is 0 Å². The number of halogens is 6. The van der Waals surface area contributed by atoms with Crippen LogP contribution in [-0.2, 0) is 0 Å². The molecule has 0 heterocycles. The van der Waals surface area contributed by atoms with E-state index in [2.05, 4.69) is 6.92 Å². The summed E-state index contributed by atoms with van der Waals surface area (Å²) in [5, 5.41) is 0. The second kappa shape index (κ2) is 2.91. The van der Waals surface area contributed by atoms with E-state index in [0.29, 0.717) is 0 Å². The predicted molar refractivity (Wildman–Crippen MR) is 25.3 cm³/mol. The van der Waals surface area contributed by atoms with Crippen LogP contribution in [0.5, 0.6) is 0 Å². The van der Waals surface area contributed by atoms with Gasteiger partial charge in [-0.15, -0.1) is 0 Å². The van der Waals surface area contributed by atoms with Crippen LogP contribution in [0.15, 0.2) is 0 Å². The van der Waals surface area contributed by atoms with Crippen LogP contribution >= 0.6 is 0 Å². The number of alkyl halides is 4. The molecular formula is C5H4F6. The molecule has 0 aliphatic heterocycles. The molecule has 0 fully saturated rings. The fraction of sp³-hybridized carbons (Fsp3) is 0.600. The Kier molecular flexibility index (Phi) is 2.79. The van der Waals surface area contributed by atoms with Crippen LogP contribution in [-0.4, -0.2) is 11.8 Å². The fourth-order valence-corrected chi connectivity index (χ4v) is 0.343. The quantitative estimate of drug-likeness (QED) is 0.570. The summed E-state index contributed by atoms with van der Waals surface area (Å²) >= 11 is 0. The Hall–Kier alpha value is -0.420. The van der Waals surface area contributed by atoms with Crippen LogP contribution in [0.25, 0.3) is 0 Å². The first-order chi connectivity index (χ1) is 4.75. The normalized spacial score (nSPS) is 18.5. The molecular weight excluding hydrogens is 174 g/mol. The van der Waals surface area contributed by atoms with E-state index in [1.807, 2.05) is 0 Å². The Morgan fingerprint density at radius 3 is 1.45 bits per heavy atom. The van der Waals surface area contributed by atoms with Crippen molar-refractivity contribution in [1.29, 1.82) is 0 Å². The molecule has 6 heteroatoms. The van der Waals surface area contributed by atoms with Gasteiger partial charge in [-0.2, -0.15) is 22.0 Å². The van der Waals surface area contributed by atoms with E-state index >= 15 is 0 Å². The van der Waals surface area contributed by atoms with Gasteiger partial charge in [0.2, 0.25) is 0 Å². The zero-order valence-corrected chi connectivity index (χ0v) is 5.18. The highest BCUT2D eigenvalue weighted by atomic mass is 19.4. The molecule has 0 bridgehead atoms. The second-order valence-corrected chi connectivity index (χ2v) is 1.81. The molecule has 0 aromatic rings. The molecule has 0 saturated carbocycles. The summed E-state index contributed by atoms with van der Waals surface area (Å²) < 4.78 is 69.2. The second-order valence-electron chi connectivity index (χ2n) is 1.81. The van der Waals surface area contributed by atoms with Gasteiger partial charge in [-0.25, -0.2) is 4.39 Å². The first kappa shape index (κ1) is 10.6. The van der Waals surface area contributed by atoms with Gasteiger partial charge in [-0.1, -0.05) is 0 Å². The maximum atomic E-state index is 12.2. The zero-order chi connectivity index (χ0) is 9.28. The van der Waals surface area contributed by atoms with Crippen LogP contribution in [0.4, 0.5) is 26.3 Å². The molecule has 1 atom stereocenters. The average molecular weight is 178 g/mol.